The van der Waals surface area contributed by atoms with Crippen molar-refractivity contribution in [3.8, 4) is 0 Å². The molecule has 5 heteroatoms. The maximum Gasteiger partial charge on any atom is 0.271 e. The number of nitrogens with zero attached hydrogens (tertiary/aromatic N) is 2. The molecule has 0 aliphatic rings. The van der Waals surface area contributed by atoms with Crippen molar-refractivity contribution in [2.24, 2.45) is 0 Å². The fourth-order valence-electron chi connectivity index (χ4n) is 1.56. The summed E-state index contributed by atoms with van der Waals surface area (Å²) in [6.07, 6.45) is 7.66. The summed E-state index contributed by atoms with van der Waals surface area (Å²) in [6.45, 7) is 5.64. The molecule has 1 aromatic heterocycles. The monoisotopic (exact) mass is 250 g/mol. The summed E-state index contributed by atoms with van der Waals surface area (Å²) in [7, 11) is 0. The second-order valence-corrected chi connectivity index (χ2v) is 4.13. The Kier molecular flexibility index (Phi) is 6.76. The van der Waals surface area contributed by atoms with Gasteiger partial charge in [0.05, 0.1) is 12.4 Å². The molecular formula is C13H22N4O. The van der Waals surface area contributed by atoms with E-state index in [1.165, 1.54) is 19.0 Å². The van der Waals surface area contributed by atoms with Gasteiger partial charge in [0.1, 0.15) is 11.5 Å². The topological polar surface area (TPSA) is 66.9 Å². The molecule has 1 rings (SSSR count). The molecule has 0 saturated carbocycles. The van der Waals surface area contributed by atoms with Crippen LogP contribution >= 0.6 is 0 Å². The summed E-state index contributed by atoms with van der Waals surface area (Å²) in [6, 6.07) is 0. The van der Waals surface area contributed by atoms with Gasteiger partial charge in [-0.1, -0.05) is 26.2 Å². The van der Waals surface area contributed by atoms with Gasteiger partial charge >= 0.3 is 0 Å². The fourth-order valence-corrected chi connectivity index (χ4v) is 1.56. The molecule has 0 aliphatic heterocycles. The second kappa shape index (κ2) is 8.44. The van der Waals surface area contributed by atoms with Crippen LogP contribution in [0.25, 0.3) is 0 Å². The molecular weight excluding hydrogens is 228 g/mol. The standard InChI is InChI=1S/C13H22N4O/c1-3-5-6-7-8-15-13(18)11-9-17-12(10-16-11)14-4-2/h9-10H,3-8H2,1-2H3,(H,14,17)(H,15,18). The minimum Gasteiger partial charge on any atom is -0.369 e. The number of carbonyl (C=O) groups is 1. The Morgan fingerprint density at radius 2 is 2.00 bits per heavy atom. The van der Waals surface area contributed by atoms with Gasteiger partial charge in [-0.2, -0.15) is 0 Å². The highest BCUT2D eigenvalue weighted by molar-refractivity contribution is 5.91. The van der Waals surface area contributed by atoms with Crippen LogP contribution in [0.1, 0.15) is 50.0 Å². The van der Waals surface area contributed by atoms with Crippen molar-refractivity contribution in [1.82, 2.24) is 15.3 Å². The van der Waals surface area contributed by atoms with Gasteiger partial charge in [0.25, 0.3) is 5.91 Å². The van der Waals surface area contributed by atoms with Gasteiger partial charge in [0.2, 0.25) is 0 Å². The maximum absolute atomic E-state index is 11.7. The van der Waals surface area contributed by atoms with Gasteiger partial charge < -0.3 is 10.6 Å². The summed E-state index contributed by atoms with van der Waals surface area (Å²) in [5.41, 5.74) is 0.368. The molecule has 2 N–H and O–H groups in total. The quantitative estimate of drug-likeness (QED) is 0.694. The summed E-state index contributed by atoms with van der Waals surface area (Å²) in [4.78, 5) is 19.9. The summed E-state index contributed by atoms with van der Waals surface area (Å²) in [5, 5.41) is 5.88. The average Bonchev–Trinajstić information content (AvgIpc) is 2.39. The van der Waals surface area contributed by atoms with E-state index in [9.17, 15) is 4.79 Å². The average molecular weight is 250 g/mol. The van der Waals surface area contributed by atoms with Crippen molar-refractivity contribution in [2.45, 2.75) is 39.5 Å². The number of unbranched alkanes of at least 4 members (excludes halogenated alkanes) is 3. The van der Waals surface area contributed by atoms with E-state index in [0.29, 0.717) is 18.1 Å². The normalized spacial score (nSPS) is 10.1. The first kappa shape index (κ1) is 14.4. The zero-order chi connectivity index (χ0) is 13.2. The molecule has 1 aromatic rings. The number of hydrogen-bond acceptors (Lipinski definition) is 4. The third kappa shape index (κ3) is 5.12. The number of hydrogen-bond donors (Lipinski definition) is 2. The zero-order valence-corrected chi connectivity index (χ0v) is 11.2. The lowest BCUT2D eigenvalue weighted by Crippen LogP contribution is -2.25. The van der Waals surface area contributed by atoms with Crippen molar-refractivity contribution in [3.63, 3.8) is 0 Å². The largest absolute Gasteiger partial charge is 0.369 e. The van der Waals surface area contributed by atoms with Crippen LogP contribution in [-0.4, -0.2) is 29.0 Å². The predicted octanol–water partition coefficient (Wildman–Crippen LogP) is 2.22. The zero-order valence-electron chi connectivity index (χ0n) is 11.2. The molecule has 0 unspecified atom stereocenters. The molecule has 0 atom stereocenters. The molecule has 0 aromatic carbocycles. The van der Waals surface area contributed by atoms with Gasteiger partial charge in [-0.25, -0.2) is 9.97 Å². The predicted molar refractivity (Wildman–Crippen MR) is 72.7 cm³/mol. The minimum atomic E-state index is -0.151. The van der Waals surface area contributed by atoms with E-state index in [4.69, 9.17) is 0 Å². The number of anilines is 1. The Hall–Kier alpha value is -1.65. The SMILES string of the molecule is CCCCCCNC(=O)c1cnc(NCC)cn1. The van der Waals surface area contributed by atoms with Crippen LogP contribution in [0.3, 0.4) is 0 Å². The molecule has 0 spiro atoms. The van der Waals surface area contributed by atoms with Crippen molar-refractivity contribution in [2.75, 3.05) is 18.4 Å². The van der Waals surface area contributed by atoms with Crippen LogP contribution in [0.2, 0.25) is 0 Å². The molecule has 0 saturated heterocycles. The first-order valence-electron chi connectivity index (χ1n) is 6.62. The molecule has 1 amide bonds. The number of rotatable bonds is 8. The lowest BCUT2D eigenvalue weighted by Gasteiger charge is -2.05. The third-order valence-corrected chi connectivity index (χ3v) is 2.56. The highest BCUT2D eigenvalue weighted by Gasteiger charge is 2.06. The Morgan fingerprint density at radius 1 is 1.17 bits per heavy atom. The molecule has 100 valence electrons. The van der Waals surface area contributed by atoms with Crippen LogP contribution in [0.5, 0.6) is 0 Å². The van der Waals surface area contributed by atoms with Crippen LogP contribution in [-0.2, 0) is 0 Å². The molecule has 0 bridgehead atoms. The molecule has 0 fully saturated rings. The molecule has 0 radical (unpaired) electrons. The third-order valence-electron chi connectivity index (χ3n) is 2.56. The molecule has 18 heavy (non-hydrogen) atoms. The first-order valence-corrected chi connectivity index (χ1v) is 6.62. The van der Waals surface area contributed by atoms with Gasteiger partial charge in [0, 0.05) is 13.1 Å². The smallest absolute Gasteiger partial charge is 0.271 e. The van der Waals surface area contributed by atoms with Gasteiger partial charge in [-0.05, 0) is 13.3 Å². The fraction of sp³-hybridized carbons (Fsp3) is 0.615. The van der Waals surface area contributed by atoms with Crippen LogP contribution < -0.4 is 10.6 Å². The molecule has 1 heterocycles. The van der Waals surface area contributed by atoms with E-state index in [-0.39, 0.29) is 5.91 Å². The van der Waals surface area contributed by atoms with E-state index < -0.39 is 0 Å². The highest BCUT2D eigenvalue weighted by Crippen LogP contribution is 2.01. The Labute approximate surface area is 108 Å². The van der Waals surface area contributed by atoms with E-state index in [2.05, 4.69) is 27.5 Å². The Balaban J connectivity index is 2.32. The second-order valence-electron chi connectivity index (χ2n) is 4.13. The highest BCUT2D eigenvalue weighted by atomic mass is 16.1. The first-order chi connectivity index (χ1) is 8.77. The van der Waals surface area contributed by atoms with Crippen molar-refractivity contribution in [1.29, 1.82) is 0 Å². The van der Waals surface area contributed by atoms with Crippen molar-refractivity contribution < 1.29 is 4.79 Å². The summed E-state index contributed by atoms with van der Waals surface area (Å²) >= 11 is 0. The van der Waals surface area contributed by atoms with Crippen LogP contribution in [0.15, 0.2) is 12.4 Å². The summed E-state index contributed by atoms with van der Waals surface area (Å²) < 4.78 is 0. The molecule has 5 nitrogen and oxygen atoms in total. The lowest BCUT2D eigenvalue weighted by molar-refractivity contribution is 0.0947. The number of aromatic nitrogens is 2. The maximum atomic E-state index is 11.7. The minimum absolute atomic E-state index is 0.151. The number of carbonyl (C=O) groups excluding carboxylic acids is 1. The van der Waals surface area contributed by atoms with Gasteiger partial charge in [-0.15, -0.1) is 0 Å². The Bertz CT molecular complexity index is 351. The lowest BCUT2D eigenvalue weighted by atomic mass is 10.2. The van der Waals surface area contributed by atoms with Crippen LogP contribution in [0.4, 0.5) is 5.82 Å². The van der Waals surface area contributed by atoms with E-state index in [1.807, 2.05) is 6.92 Å². The number of amides is 1. The van der Waals surface area contributed by atoms with E-state index >= 15 is 0 Å². The number of nitrogens with one attached hydrogen (secondary N) is 2. The van der Waals surface area contributed by atoms with Crippen molar-refractivity contribution in [3.05, 3.63) is 18.1 Å². The summed E-state index contributed by atoms with van der Waals surface area (Å²) in [5.74, 6) is 0.541. The molecule has 0 aliphatic carbocycles. The van der Waals surface area contributed by atoms with E-state index in [1.54, 1.807) is 6.20 Å². The van der Waals surface area contributed by atoms with Gasteiger partial charge in [-0.3, -0.25) is 4.79 Å². The van der Waals surface area contributed by atoms with Crippen molar-refractivity contribution >= 4 is 11.7 Å². The Morgan fingerprint density at radius 3 is 2.61 bits per heavy atom. The van der Waals surface area contributed by atoms with E-state index in [0.717, 1.165) is 19.4 Å². The van der Waals surface area contributed by atoms with Crippen LogP contribution in [0, 0.1) is 0 Å². The van der Waals surface area contributed by atoms with Gasteiger partial charge in [0.15, 0.2) is 0 Å².